The molecule has 0 saturated heterocycles. The lowest BCUT2D eigenvalue weighted by molar-refractivity contribution is -0.121. The zero-order chi connectivity index (χ0) is 22.1. The van der Waals surface area contributed by atoms with Crippen LogP contribution in [0.1, 0.15) is 25.0 Å². The second-order valence-corrected chi connectivity index (χ2v) is 8.69. The fourth-order valence-corrected chi connectivity index (χ4v) is 3.84. The Morgan fingerprint density at radius 1 is 1.03 bits per heavy atom. The molecule has 30 heavy (non-hydrogen) atoms. The molecule has 0 aromatic heterocycles. The third kappa shape index (κ3) is 6.65. The van der Waals surface area contributed by atoms with Crippen molar-refractivity contribution in [3.8, 4) is 0 Å². The maximum Gasteiger partial charge on any atom is 0.243 e. The van der Waals surface area contributed by atoms with Crippen molar-refractivity contribution in [3.05, 3.63) is 59.7 Å². The van der Waals surface area contributed by atoms with E-state index in [4.69, 9.17) is 4.74 Å². The van der Waals surface area contributed by atoms with Gasteiger partial charge in [0.1, 0.15) is 0 Å². The SMILES string of the molecule is CCOCc1ccccc1CNC(=O)CN(C)S(=O)(=O)c1ccc(NC(C)=O)cc1. The molecule has 0 heterocycles. The van der Waals surface area contributed by atoms with Crippen molar-refractivity contribution in [1.82, 2.24) is 9.62 Å². The second-order valence-electron chi connectivity index (χ2n) is 6.65. The first-order valence-corrected chi connectivity index (χ1v) is 10.9. The lowest BCUT2D eigenvalue weighted by atomic mass is 10.1. The fourth-order valence-electron chi connectivity index (χ4n) is 2.71. The molecule has 9 heteroatoms. The van der Waals surface area contributed by atoms with E-state index in [9.17, 15) is 18.0 Å². The molecule has 162 valence electrons. The van der Waals surface area contributed by atoms with E-state index in [2.05, 4.69) is 10.6 Å². The summed E-state index contributed by atoms with van der Waals surface area (Å²) < 4.78 is 31.8. The second kappa shape index (κ2) is 10.9. The van der Waals surface area contributed by atoms with Gasteiger partial charge in [-0.2, -0.15) is 4.31 Å². The van der Waals surface area contributed by atoms with E-state index >= 15 is 0 Å². The van der Waals surface area contributed by atoms with Crippen LogP contribution in [0.2, 0.25) is 0 Å². The minimum absolute atomic E-state index is 0.0361. The van der Waals surface area contributed by atoms with E-state index in [1.165, 1.54) is 38.2 Å². The number of likely N-dealkylation sites (N-methyl/N-ethyl adjacent to an activating group) is 1. The first kappa shape index (κ1) is 23.5. The Hall–Kier alpha value is -2.75. The Bertz CT molecular complexity index is 974. The van der Waals surface area contributed by atoms with Crippen LogP contribution in [0, 0.1) is 0 Å². The smallest absolute Gasteiger partial charge is 0.243 e. The number of carbonyl (C=O) groups excluding carboxylic acids is 2. The average molecular weight is 434 g/mol. The summed E-state index contributed by atoms with van der Waals surface area (Å²) in [6, 6.07) is 13.4. The Balaban J connectivity index is 1.97. The maximum absolute atomic E-state index is 12.7. The van der Waals surface area contributed by atoms with Crippen molar-refractivity contribution >= 4 is 27.5 Å². The monoisotopic (exact) mass is 433 g/mol. The quantitative estimate of drug-likeness (QED) is 0.597. The van der Waals surface area contributed by atoms with Gasteiger partial charge in [0.25, 0.3) is 0 Å². The van der Waals surface area contributed by atoms with Crippen LogP contribution in [0.3, 0.4) is 0 Å². The van der Waals surface area contributed by atoms with Gasteiger partial charge in [-0.05, 0) is 42.3 Å². The van der Waals surface area contributed by atoms with Crippen LogP contribution in [0.25, 0.3) is 0 Å². The highest BCUT2D eigenvalue weighted by Crippen LogP contribution is 2.17. The molecule has 0 aliphatic carbocycles. The van der Waals surface area contributed by atoms with E-state index in [1.807, 2.05) is 31.2 Å². The molecule has 0 unspecified atom stereocenters. The summed E-state index contributed by atoms with van der Waals surface area (Å²) in [6.07, 6.45) is 0. The summed E-state index contributed by atoms with van der Waals surface area (Å²) in [5, 5.41) is 5.33. The number of benzene rings is 2. The van der Waals surface area contributed by atoms with Crippen LogP contribution in [0.5, 0.6) is 0 Å². The maximum atomic E-state index is 12.7. The first-order valence-electron chi connectivity index (χ1n) is 9.49. The zero-order valence-corrected chi connectivity index (χ0v) is 18.2. The van der Waals surface area contributed by atoms with Gasteiger partial charge in [-0.3, -0.25) is 9.59 Å². The molecule has 8 nitrogen and oxygen atoms in total. The molecule has 0 bridgehead atoms. The third-order valence-electron chi connectivity index (χ3n) is 4.31. The van der Waals surface area contributed by atoms with Crippen LogP contribution < -0.4 is 10.6 Å². The van der Waals surface area contributed by atoms with Gasteiger partial charge in [0.15, 0.2) is 0 Å². The molecule has 0 atom stereocenters. The zero-order valence-electron chi connectivity index (χ0n) is 17.3. The van der Waals surface area contributed by atoms with Gasteiger partial charge < -0.3 is 15.4 Å². The topological polar surface area (TPSA) is 105 Å². The van der Waals surface area contributed by atoms with Crippen LogP contribution in [0.4, 0.5) is 5.69 Å². The van der Waals surface area contributed by atoms with E-state index in [0.717, 1.165) is 15.4 Å². The molecule has 0 fully saturated rings. The van der Waals surface area contributed by atoms with E-state index in [1.54, 1.807) is 0 Å². The lowest BCUT2D eigenvalue weighted by Crippen LogP contribution is -2.38. The molecule has 0 radical (unpaired) electrons. The Labute approximate surface area is 177 Å². The number of hydrogen-bond donors (Lipinski definition) is 2. The number of rotatable bonds is 10. The number of carbonyl (C=O) groups is 2. The van der Waals surface area contributed by atoms with Crippen LogP contribution in [0.15, 0.2) is 53.4 Å². The van der Waals surface area contributed by atoms with Crippen molar-refractivity contribution in [2.45, 2.75) is 31.9 Å². The van der Waals surface area contributed by atoms with Crippen molar-refractivity contribution in [2.24, 2.45) is 0 Å². The lowest BCUT2D eigenvalue weighted by Gasteiger charge is -2.17. The minimum atomic E-state index is -3.84. The molecule has 0 aliphatic heterocycles. The Morgan fingerprint density at radius 2 is 1.67 bits per heavy atom. The summed E-state index contributed by atoms with van der Waals surface area (Å²) in [5.41, 5.74) is 2.38. The first-order chi connectivity index (χ1) is 14.2. The minimum Gasteiger partial charge on any atom is -0.377 e. The summed E-state index contributed by atoms with van der Waals surface area (Å²) in [5.74, 6) is -0.663. The number of amides is 2. The standard InChI is InChI=1S/C21H27N3O5S/c1-4-29-15-18-8-6-5-7-17(18)13-22-21(26)14-24(3)30(27,28)20-11-9-19(10-12-20)23-16(2)25/h5-12H,4,13-15H2,1-3H3,(H,22,26)(H,23,25). The Kier molecular flexibility index (Phi) is 8.52. The molecular weight excluding hydrogens is 406 g/mol. The Morgan fingerprint density at radius 3 is 2.27 bits per heavy atom. The predicted octanol–water partition coefficient (Wildman–Crippen LogP) is 2.12. The predicted molar refractivity (Wildman–Crippen MR) is 114 cm³/mol. The van der Waals surface area contributed by atoms with E-state index < -0.39 is 15.9 Å². The molecule has 2 rings (SSSR count). The molecule has 2 aromatic rings. The molecule has 2 N–H and O–H groups in total. The highest BCUT2D eigenvalue weighted by Gasteiger charge is 2.23. The van der Waals surface area contributed by atoms with Crippen LogP contribution >= 0.6 is 0 Å². The summed E-state index contributed by atoms with van der Waals surface area (Å²) >= 11 is 0. The molecular formula is C21H27N3O5S. The molecule has 2 aromatic carbocycles. The van der Waals surface area contributed by atoms with Gasteiger partial charge >= 0.3 is 0 Å². The highest BCUT2D eigenvalue weighted by molar-refractivity contribution is 7.89. The van der Waals surface area contributed by atoms with Gasteiger partial charge in [0.05, 0.1) is 18.0 Å². The molecule has 2 amide bonds. The number of anilines is 1. The van der Waals surface area contributed by atoms with Crippen molar-refractivity contribution in [1.29, 1.82) is 0 Å². The summed E-state index contributed by atoms with van der Waals surface area (Å²) in [7, 11) is -2.50. The number of nitrogens with one attached hydrogen (secondary N) is 2. The number of nitrogens with zero attached hydrogens (tertiary/aromatic N) is 1. The number of sulfonamides is 1. The van der Waals surface area contributed by atoms with Crippen molar-refractivity contribution in [2.75, 3.05) is 25.5 Å². The average Bonchev–Trinajstić information content (AvgIpc) is 2.71. The van der Waals surface area contributed by atoms with Crippen LogP contribution in [-0.4, -0.2) is 44.7 Å². The number of hydrogen-bond acceptors (Lipinski definition) is 5. The van der Waals surface area contributed by atoms with Gasteiger partial charge in [0.2, 0.25) is 21.8 Å². The molecule has 0 saturated carbocycles. The molecule has 0 spiro atoms. The van der Waals surface area contributed by atoms with Crippen molar-refractivity contribution in [3.63, 3.8) is 0 Å². The number of ether oxygens (including phenoxy) is 1. The van der Waals surface area contributed by atoms with Crippen LogP contribution in [-0.2, 0) is 37.5 Å². The fraction of sp³-hybridized carbons (Fsp3) is 0.333. The summed E-state index contributed by atoms with van der Waals surface area (Å²) in [6.45, 7) is 4.28. The van der Waals surface area contributed by atoms with Crippen molar-refractivity contribution < 1.29 is 22.7 Å². The highest BCUT2D eigenvalue weighted by atomic mass is 32.2. The van der Waals surface area contributed by atoms with Gasteiger partial charge in [-0.1, -0.05) is 24.3 Å². The summed E-state index contributed by atoms with van der Waals surface area (Å²) in [4.78, 5) is 23.4. The molecule has 0 aliphatic rings. The van der Waals surface area contributed by atoms with Gasteiger partial charge in [-0.15, -0.1) is 0 Å². The van der Waals surface area contributed by atoms with E-state index in [-0.39, 0.29) is 23.9 Å². The van der Waals surface area contributed by atoms with E-state index in [0.29, 0.717) is 18.9 Å². The third-order valence-corrected chi connectivity index (χ3v) is 6.12. The largest absolute Gasteiger partial charge is 0.377 e. The normalized spacial score (nSPS) is 11.3. The van der Waals surface area contributed by atoms with Gasteiger partial charge in [0, 0.05) is 32.8 Å². The van der Waals surface area contributed by atoms with Gasteiger partial charge in [-0.25, -0.2) is 8.42 Å².